The number of nitrogen functional groups attached to an aromatic ring is 1. The van der Waals surface area contributed by atoms with Crippen LogP contribution in [0.25, 0.3) is 0 Å². The second-order valence-electron chi connectivity index (χ2n) is 6.77. The van der Waals surface area contributed by atoms with Crippen molar-refractivity contribution < 1.29 is 23.1 Å². The van der Waals surface area contributed by atoms with Gasteiger partial charge in [-0.15, -0.1) is 0 Å². The average molecular weight is 393 g/mol. The van der Waals surface area contributed by atoms with Crippen molar-refractivity contribution in [3.8, 4) is 0 Å². The summed E-state index contributed by atoms with van der Waals surface area (Å²) in [5.74, 6) is -4.43. The van der Waals surface area contributed by atoms with E-state index in [1.54, 1.807) is 6.92 Å². The molecule has 0 radical (unpaired) electrons. The van der Waals surface area contributed by atoms with Gasteiger partial charge in [0, 0.05) is 35.6 Å². The molecular weight excluding hydrogens is 371 g/mol. The van der Waals surface area contributed by atoms with Crippen LogP contribution in [-0.2, 0) is 0 Å². The van der Waals surface area contributed by atoms with Crippen molar-refractivity contribution in [2.75, 3.05) is 12.3 Å². The Bertz CT molecular complexity index is 903. The molecule has 1 amide bonds. The molecule has 6 N–H and O–H groups in total. The Morgan fingerprint density at radius 1 is 1.18 bits per heavy atom. The highest BCUT2D eigenvalue weighted by atomic mass is 19.1. The highest BCUT2D eigenvalue weighted by molar-refractivity contribution is 6.14. The van der Waals surface area contributed by atoms with Gasteiger partial charge in [-0.05, 0) is 42.5 Å². The largest absolute Gasteiger partial charge is 0.398 e. The lowest BCUT2D eigenvalue weighted by molar-refractivity contribution is 0.0999. The number of benzene rings is 2. The molecule has 0 aliphatic carbocycles. The van der Waals surface area contributed by atoms with Crippen LogP contribution in [0.4, 0.5) is 18.9 Å². The molecular formula is C20H22F3N3O2. The Labute approximate surface area is 160 Å². The third-order valence-electron chi connectivity index (χ3n) is 4.61. The van der Waals surface area contributed by atoms with Gasteiger partial charge in [-0.2, -0.15) is 0 Å². The first-order chi connectivity index (χ1) is 13.1. The number of primary amides is 1. The maximum atomic E-state index is 14.5. The van der Waals surface area contributed by atoms with Gasteiger partial charge < -0.3 is 22.0 Å². The summed E-state index contributed by atoms with van der Waals surface area (Å²) in [5, 5.41) is 17.8. The second-order valence-corrected chi connectivity index (χ2v) is 6.77. The minimum atomic E-state index is -0.979. The van der Waals surface area contributed by atoms with Crippen LogP contribution in [0, 0.1) is 28.8 Å². The maximum absolute atomic E-state index is 14.5. The number of aliphatic hydroxyl groups is 1. The fourth-order valence-corrected chi connectivity index (χ4v) is 3.22. The molecule has 0 aliphatic heterocycles. The van der Waals surface area contributed by atoms with Gasteiger partial charge >= 0.3 is 0 Å². The zero-order valence-electron chi connectivity index (χ0n) is 15.3. The predicted molar refractivity (Wildman–Crippen MR) is 101 cm³/mol. The molecule has 0 fully saturated rings. The molecule has 8 heteroatoms. The molecule has 0 unspecified atom stereocenters. The monoisotopic (exact) mass is 393 g/mol. The highest BCUT2D eigenvalue weighted by Gasteiger charge is 2.28. The summed E-state index contributed by atoms with van der Waals surface area (Å²) in [4.78, 5) is 11.8. The Kier molecular flexibility index (Phi) is 6.80. The molecule has 150 valence electrons. The molecule has 0 saturated carbocycles. The number of aliphatic hydroxyl groups excluding tert-OH is 1. The van der Waals surface area contributed by atoms with E-state index >= 15 is 0 Å². The summed E-state index contributed by atoms with van der Waals surface area (Å²) >= 11 is 0. The Morgan fingerprint density at radius 2 is 1.86 bits per heavy atom. The normalized spacial score (nSPS) is 13.2. The standard InChI is InChI=1S/C20H22F3N3O2/c1-10(4-5-27)6-14(13-3-2-11(21)8-16(13)23)19(25)18-15(20(26)28)7-12(22)9-17(18)24/h2-3,7-10,14,25,27H,4-6,24H2,1H3,(H2,26,28)/t10-,14+/m0/s1. The number of amides is 1. The summed E-state index contributed by atoms with van der Waals surface area (Å²) in [6.07, 6.45) is 0.616. The van der Waals surface area contributed by atoms with E-state index in [1.165, 1.54) is 6.07 Å². The predicted octanol–water partition coefficient (Wildman–Crippen LogP) is 3.35. The smallest absolute Gasteiger partial charge is 0.249 e. The third kappa shape index (κ3) is 4.69. The SMILES string of the molecule is C[C@@H](CCO)C[C@@H](C(=N)c1c(N)cc(F)cc1C(N)=O)c1ccc(F)cc1F. The lowest BCUT2D eigenvalue weighted by atomic mass is 9.80. The van der Waals surface area contributed by atoms with E-state index in [9.17, 15) is 18.0 Å². The molecule has 0 aromatic heterocycles. The van der Waals surface area contributed by atoms with Crippen LogP contribution in [0.1, 0.15) is 47.2 Å². The molecule has 0 spiro atoms. The molecule has 28 heavy (non-hydrogen) atoms. The molecule has 2 atom stereocenters. The van der Waals surface area contributed by atoms with Crippen LogP contribution in [-0.4, -0.2) is 23.3 Å². The second kappa shape index (κ2) is 8.88. The number of rotatable bonds is 8. The summed E-state index contributed by atoms with van der Waals surface area (Å²) in [6, 6.07) is 4.82. The maximum Gasteiger partial charge on any atom is 0.249 e. The molecule has 0 saturated heterocycles. The van der Waals surface area contributed by atoms with Crippen molar-refractivity contribution in [3.63, 3.8) is 0 Å². The van der Waals surface area contributed by atoms with E-state index in [0.29, 0.717) is 12.5 Å². The van der Waals surface area contributed by atoms with Gasteiger partial charge in [-0.1, -0.05) is 13.0 Å². The van der Waals surface area contributed by atoms with Crippen LogP contribution in [0.3, 0.4) is 0 Å². The number of nitrogens with one attached hydrogen (secondary N) is 1. The molecule has 0 bridgehead atoms. The lowest BCUT2D eigenvalue weighted by Gasteiger charge is -2.24. The van der Waals surface area contributed by atoms with Gasteiger partial charge in [-0.3, -0.25) is 4.79 Å². The van der Waals surface area contributed by atoms with E-state index in [0.717, 1.165) is 18.2 Å². The topological polar surface area (TPSA) is 113 Å². The van der Waals surface area contributed by atoms with E-state index in [4.69, 9.17) is 22.0 Å². The van der Waals surface area contributed by atoms with Crippen molar-refractivity contribution in [2.24, 2.45) is 11.7 Å². The van der Waals surface area contributed by atoms with Crippen LogP contribution in [0.15, 0.2) is 30.3 Å². The number of halogens is 3. The number of carbonyl (C=O) groups excluding carboxylic acids is 1. The quantitative estimate of drug-likeness (QED) is 0.407. The number of hydrogen-bond acceptors (Lipinski definition) is 4. The summed E-state index contributed by atoms with van der Waals surface area (Å²) in [6.45, 7) is 1.71. The van der Waals surface area contributed by atoms with Crippen molar-refractivity contribution in [1.82, 2.24) is 0 Å². The van der Waals surface area contributed by atoms with Crippen LogP contribution in [0.5, 0.6) is 0 Å². The van der Waals surface area contributed by atoms with Gasteiger partial charge in [-0.25, -0.2) is 13.2 Å². The van der Waals surface area contributed by atoms with Crippen LogP contribution < -0.4 is 11.5 Å². The van der Waals surface area contributed by atoms with Gasteiger partial charge in [0.2, 0.25) is 5.91 Å². The molecule has 2 rings (SSSR count). The first-order valence-electron chi connectivity index (χ1n) is 8.69. The number of anilines is 1. The third-order valence-corrected chi connectivity index (χ3v) is 4.61. The van der Waals surface area contributed by atoms with Crippen molar-refractivity contribution in [2.45, 2.75) is 25.7 Å². The van der Waals surface area contributed by atoms with Crippen LogP contribution in [0.2, 0.25) is 0 Å². The van der Waals surface area contributed by atoms with E-state index < -0.39 is 29.3 Å². The number of carbonyl (C=O) groups is 1. The van der Waals surface area contributed by atoms with E-state index in [1.807, 2.05) is 0 Å². The number of hydrogen-bond donors (Lipinski definition) is 4. The first kappa shape index (κ1) is 21.4. The summed E-state index contributed by atoms with van der Waals surface area (Å²) in [7, 11) is 0. The van der Waals surface area contributed by atoms with Crippen molar-refractivity contribution in [1.29, 1.82) is 5.41 Å². The zero-order chi connectivity index (χ0) is 21.0. The average Bonchev–Trinajstić information content (AvgIpc) is 2.59. The first-order valence-corrected chi connectivity index (χ1v) is 8.69. The summed E-state index contributed by atoms with van der Waals surface area (Å²) in [5.41, 5.74) is 10.4. The lowest BCUT2D eigenvalue weighted by Crippen LogP contribution is -2.24. The Hall–Kier alpha value is -2.87. The molecule has 2 aromatic carbocycles. The van der Waals surface area contributed by atoms with Gasteiger partial charge in [0.05, 0.1) is 5.56 Å². The van der Waals surface area contributed by atoms with Crippen molar-refractivity contribution in [3.05, 3.63) is 64.5 Å². The van der Waals surface area contributed by atoms with Crippen LogP contribution >= 0.6 is 0 Å². The molecule has 5 nitrogen and oxygen atoms in total. The minimum Gasteiger partial charge on any atom is -0.398 e. The highest BCUT2D eigenvalue weighted by Crippen LogP contribution is 2.34. The fourth-order valence-electron chi connectivity index (χ4n) is 3.22. The Balaban J connectivity index is 2.61. The number of nitrogens with two attached hydrogens (primary N) is 2. The minimum absolute atomic E-state index is 0.0373. The molecule has 0 heterocycles. The zero-order valence-corrected chi connectivity index (χ0v) is 15.3. The van der Waals surface area contributed by atoms with Gasteiger partial charge in [0.25, 0.3) is 0 Å². The van der Waals surface area contributed by atoms with Gasteiger partial charge in [0.15, 0.2) is 0 Å². The van der Waals surface area contributed by atoms with E-state index in [2.05, 4.69) is 0 Å². The Morgan fingerprint density at radius 3 is 2.43 bits per heavy atom. The van der Waals surface area contributed by atoms with Crippen molar-refractivity contribution >= 4 is 17.3 Å². The molecule has 0 aliphatic rings. The van der Waals surface area contributed by atoms with E-state index in [-0.39, 0.29) is 47.0 Å². The summed E-state index contributed by atoms with van der Waals surface area (Å²) < 4.78 is 41.5. The molecule has 2 aromatic rings. The fraction of sp³-hybridized carbons (Fsp3) is 0.300. The van der Waals surface area contributed by atoms with Gasteiger partial charge in [0.1, 0.15) is 17.5 Å².